The van der Waals surface area contributed by atoms with Gasteiger partial charge in [-0.3, -0.25) is 9.69 Å². The van der Waals surface area contributed by atoms with Gasteiger partial charge in [0, 0.05) is 13.1 Å². The Morgan fingerprint density at radius 1 is 0.564 bits per heavy atom. The van der Waals surface area contributed by atoms with Gasteiger partial charge in [-0.05, 0) is 12.8 Å². The van der Waals surface area contributed by atoms with Crippen molar-refractivity contribution in [1.29, 1.82) is 0 Å². The smallest absolute Gasteiger partial charge is 0.319 e. The fraction of sp³-hybridized carbons (Fsp3) is 0.956. The Morgan fingerprint density at radius 2 is 0.927 bits per heavy atom. The molecule has 0 unspecified atom stereocenters. The number of nitrogens with one attached hydrogen (secondary N) is 2. The number of nitrogens with two attached hydrogens (primary N) is 1. The number of urea groups is 1. The summed E-state index contributed by atoms with van der Waals surface area (Å²) in [6.45, 7) is 4.59. The van der Waals surface area contributed by atoms with Crippen molar-refractivity contribution in [2.45, 2.75) is 250 Å². The fourth-order valence-electron chi connectivity index (χ4n) is 7.91. The number of unbranched alkanes of at least 4 members (excludes halogenated alkanes) is 30. The van der Waals surface area contributed by atoms with Crippen LogP contribution in [0.5, 0.6) is 0 Å². The molecule has 3 amide bonds. The molecule has 10 nitrogen and oxygen atoms in total. The van der Waals surface area contributed by atoms with Crippen molar-refractivity contribution in [3.63, 3.8) is 0 Å². The van der Waals surface area contributed by atoms with E-state index in [1.54, 1.807) is 0 Å². The molecule has 55 heavy (non-hydrogen) atoms. The summed E-state index contributed by atoms with van der Waals surface area (Å²) >= 11 is 0. The summed E-state index contributed by atoms with van der Waals surface area (Å²) in [7, 11) is 0. The second-order valence-electron chi connectivity index (χ2n) is 16.6. The third kappa shape index (κ3) is 26.2. The van der Waals surface area contributed by atoms with E-state index in [4.69, 9.17) is 10.5 Å². The van der Waals surface area contributed by atoms with Crippen LogP contribution in [0.4, 0.5) is 4.79 Å². The van der Waals surface area contributed by atoms with Gasteiger partial charge in [0.1, 0.15) is 24.4 Å². The number of aliphatic hydroxyl groups is 3. The Labute approximate surface area is 338 Å². The molecular formula is C45H90N4O6. The van der Waals surface area contributed by atoms with Crippen molar-refractivity contribution >= 4 is 11.9 Å². The van der Waals surface area contributed by atoms with Crippen molar-refractivity contribution in [2.24, 2.45) is 5.73 Å². The second-order valence-corrected chi connectivity index (χ2v) is 16.6. The van der Waals surface area contributed by atoms with Crippen molar-refractivity contribution in [3.8, 4) is 0 Å². The van der Waals surface area contributed by atoms with Crippen LogP contribution in [-0.2, 0) is 9.53 Å². The maximum absolute atomic E-state index is 13.7. The molecule has 1 saturated heterocycles. The first-order chi connectivity index (χ1) is 26.9. The number of nitrogens with zero attached hydrogens (tertiary/aromatic N) is 1. The summed E-state index contributed by atoms with van der Waals surface area (Å²) in [5.74, 6) is -0.525. The van der Waals surface area contributed by atoms with Crippen LogP contribution in [0.3, 0.4) is 0 Å². The Kier molecular flexibility index (Phi) is 34.5. The van der Waals surface area contributed by atoms with E-state index in [-0.39, 0.29) is 12.6 Å². The van der Waals surface area contributed by atoms with E-state index in [9.17, 15) is 24.9 Å². The monoisotopic (exact) mass is 783 g/mol. The Hall–Kier alpha value is -1.46. The molecule has 1 aliphatic heterocycles. The van der Waals surface area contributed by atoms with E-state index in [0.717, 1.165) is 44.9 Å². The van der Waals surface area contributed by atoms with Crippen LogP contribution in [-0.4, -0.2) is 89.0 Å². The maximum atomic E-state index is 13.7. The van der Waals surface area contributed by atoms with Crippen molar-refractivity contribution in [1.82, 2.24) is 15.5 Å². The summed E-state index contributed by atoms with van der Waals surface area (Å²) < 4.78 is 6.03. The lowest BCUT2D eigenvalue weighted by molar-refractivity contribution is -0.224. The summed E-state index contributed by atoms with van der Waals surface area (Å²) in [5, 5.41) is 37.2. The molecule has 1 heterocycles. The van der Waals surface area contributed by atoms with E-state index in [1.807, 2.05) is 0 Å². The second kappa shape index (κ2) is 36.9. The fourth-order valence-corrected chi connectivity index (χ4v) is 7.91. The zero-order valence-electron chi connectivity index (χ0n) is 35.9. The largest absolute Gasteiger partial charge is 0.394 e. The zero-order valence-corrected chi connectivity index (χ0v) is 35.9. The molecule has 326 valence electrons. The van der Waals surface area contributed by atoms with Crippen molar-refractivity contribution in [2.75, 3.05) is 26.2 Å². The number of amides is 3. The van der Waals surface area contributed by atoms with Gasteiger partial charge in [0.05, 0.1) is 13.2 Å². The van der Waals surface area contributed by atoms with Crippen LogP contribution in [0.2, 0.25) is 0 Å². The highest BCUT2D eigenvalue weighted by Crippen LogP contribution is 2.25. The highest BCUT2D eigenvalue weighted by atomic mass is 16.5. The molecule has 5 atom stereocenters. The van der Waals surface area contributed by atoms with E-state index in [2.05, 4.69) is 24.5 Å². The molecule has 1 rings (SSSR count). The van der Waals surface area contributed by atoms with Crippen LogP contribution >= 0.6 is 0 Å². The highest BCUT2D eigenvalue weighted by molar-refractivity contribution is 5.78. The lowest BCUT2D eigenvalue weighted by Gasteiger charge is -2.46. The number of hydrogen-bond acceptors (Lipinski definition) is 7. The van der Waals surface area contributed by atoms with Crippen molar-refractivity contribution in [3.05, 3.63) is 0 Å². The molecule has 0 spiro atoms. The molecule has 1 fully saturated rings. The van der Waals surface area contributed by atoms with Gasteiger partial charge in [-0.25, -0.2) is 4.79 Å². The quantitative estimate of drug-likeness (QED) is 0.0341. The molecule has 1 aliphatic rings. The van der Waals surface area contributed by atoms with Gasteiger partial charge in [-0.2, -0.15) is 0 Å². The van der Waals surface area contributed by atoms with Crippen LogP contribution in [0.15, 0.2) is 0 Å². The van der Waals surface area contributed by atoms with Gasteiger partial charge in [0.25, 0.3) is 0 Å². The lowest BCUT2D eigenvalue weighted by atomic mass is 9.95. The third-order valence-corrected chi connectivity index (χ3v) is 11.5. The minimum absolute atomic E-state index is 0.306. The van der Waals surface area contributed by atoms with Gasteiger partial charge in [0.2, 0.25) is 5.91 Å². The predicted molar refractivity (Wildman–Crippen MR) is 228 cm³/mol. The normalized spacial score (nSPS) is 19.8. The predicted octanol–water partition coefficient (Wildman–Crippen LogP) is 9.40. The molecule has 0 aromatic rings. The average molecular weight is 783 g/mol. The van der Waals surface area contributed by atoms with Crippen molar-refractivity contribution < 1.29 is 29.6 Å². The SMILES string of the molecule is CCCCCCCCCCCCCCCCCCNC(=O)N(CCCCCCCCCCCCCCCCCC)[C@@H]1O[C@H](CO)[C@H](O)[C@H](O)[C@H]1NC(=O)CN. The summed E-state index contributed by atoms with van der Waals surface area (Å²) in [5.41, 5.74) is 5.55. The molecule has 0 aliphatic carbocycles. The standard InChI is InChI=1S/C45H90N4O6/c1-3-5-7-9-11-13-15-17-19-21-23-25-27-29-31-33-35-47-45(54)49(44-41(48-40(51)37-46)43(53)42(52)39(38-50)55-44)36-34-32-30-28-26-24-22-20-18-16-14-12-10-8-6-4-2/h39,41-44,50,52-53H,3-38,46H2,1-2H3,(H,47,54)(H,48,51)/t39-,41-,42+,43-,44-/m1/s1. The number of aliphatic hydroxyl groups excluding tert-OH is 3. The minimum Gasteiger partial charge on any atom is -0.394 e. The Morgan fingerprint density at radius 3 is 1.29 bits per heavy atom. The third-order valence-electron chi connectivity index (χ3n) is 11.5. The van der Waals surface area contributed by atoms with E-state index in [1.165, 1.54) is 165 Å². The number of hydrogen-bond donors (Lipinski definition) is 6. The molecule has 0 saturated carbocycles. The topological polar surface area (TPSA) is 157 Å². The van der Waals surface area contributed by atoms with Gasteiger partial charge >= 0.3 is 6.03 Å². The highest BCUT2D eigenvalue weighted by Gasteiger charge is 2.48. The average Bonchev–Trinajstić information content (AvgIpc) is 3.19. The Bertz CT molecular complexity index is 882. The van der Waals surface area contributed by atoms with Gasteiger partial charge in [-0.1, -0.05) is 206 Å². The minimum atomic E-state index is -1.44. The zero-order chi connectivity index (χ0) is 40.2. The molecule has 7 N–H and O–H groups in total. The number of ether oxygens (including phenoxy) is 1. The van der Waals surface area contributed by atoms with E-state index >= 15 is 0 Å². The van der Waals surface area contributed by atoms with Gasteiger partial charge in [-0.15, -0.1) is 0 Å². The number of carbonyl (C=O) groups excluding carboxylic acids is 2. The summed E-state index contributed by atoms with van der Waals surface area (Å²) in [4.78, 5) is 27.5. The molecule has 10 heteroatoms. The van der Waals surface area contributed by atoms with E-state index < -0.39 is 43.1 Å². The summed E-state index contributed by atoms with van der Waals surface area (Å²) in [6.07, 6.45) is 35.6. The molecular weight excluding hydrogens is 693 g/mol. The van der Waals surface area contributed by atoms with Gasteiger partial charge in [0.15, 0.2) is 6.23 Å². The van der Waals surface area contributed by atoms with E-state index in [0.29, 0.717) is 13.1 Å². The van der Waals surface area contributed by atoms with Crippen LogP contribution in [0.25, 0.3) is 0 Å². The number of carbonyl (C=O) groups is 2. The van der Waals surface area contributed by atoms with Crippen LogP contribution < -0.4 is 16.4 Å². The molecule has 0 aromatic heterocycles. The maximum Gasteiger partial charge on any atom is 0.319 e. The number of rotatable bonds is 38. The van der Waals surface area contributed by atoms with Crippen LogP contribution in [0.1, 0.15) is 219 Å². The molecule has 0 radical (unpaired) electrons. The Balaban J connectivity index is 2.44. The lowest BCUT2D eigenvalue weighted by Crippen LogP contribution is -2.69. The first kappa shape index (κ1) is 51.6. The first-order valence-electron chi connectivity index (χ1n) is 23.6. The van der Waals surface area contributed by atoms with Crippen LogP contribution in [0, 0.1) is 0 Å². The summed E-state index contributed by atoms with van der Waals surface area (Å²) in [6, 6.07) is -1.42. The first-order valence-corrected chi connectivity index (χ1v) is 23.6. The molecule has 0 bridgehead atoms. The molecule has 0 aromatic carbocycles. The van der Waals surface area contributed by atoms with Gasteiger partial charge < -0.3 is 36.4 Å².